The average Bonchev–Trinajstić information content (AvgIpc) is 3.38. The maximum Gasteiger partial charge on any atom is 0.261 e. The van der Waals surface area contributed by atoms with Crippen LogP contribution in [0, 0.1) is 0 Å². The number of nitrogens with zero attached hydrogens (tertiary/aromatic N) is 2. The molecule has 2 aliphatic heterocycles. The zero-order valence-electron chi connectivity index (χ0n) is 17.5. The molecule has 3 aromatic carbocycles. The third kappa shape index (κ3) is 3.75. The van der Waals surface area contributed by atoms with E-state index in [-0.39, 0.29) is 30.3 Å². The summed E-state index contributed by atoms with van der Waals surface area (Å²) in [4.78, 5) is 41.8. The van der Waals surface area contributed by atoms with Gasteiger partial charge in [0.05, 0.1) is 17.7 Å². The summed E-state index contributed by atoms with van der Waals surface area (Å²) in [5, 5.41) is 3.46. The lowest BCUT2D eigenvalue weighted by Crippen LogP contribution is -2.31. The van der Waals surface area contributed by atoms with Crippen molar-refractivity contribution in [2.75, 3.05) is 18.4 Å². The van der Waals surface area contributed by atoms with Crippen molar-refractivity contribution in [1.82, 2.24) is 9.80 Å². The Morgan fingerprint density at radius 1 is 0.875 bits per heavy atom. The quantitative estimate of drug-likeness (QED) is 0.631. The Balaban J connectivity index is 1.29. The van der Waals surface area contributed by atoms with Gasteiger partial charge in [-0.2, -0.15) is 0 Å². The Kier molecular flexibility index (Phi) is 5.19. The van der Waals surface area contributed by atoms with E-state index in [1.807, 2.05) is 60.7 Å². The first-order chi connectivity index (χ1) is 15.6. The molecule has 0 saturated carbocycles. The Bertz CT molecular complexity index is 1180. The van der Waals surface area contributed by atoms with Crippen LogP contribution < -0.4 is 5.32 Å². The lowest BCUT2D eigenvalue weighted by atomic mass is 10.0. The third-order valence-electron chi connectivity index (χ3n) is 6.02. The van der Waals surface area contributed by atoms with Crippen molar-refractivity contribution in [3.05, 3.63) is 101 Å². The van der Waals surface area contributed by atoms with Crippen LogP contribution in [0.4, 0.5) is 5.69 Å². The fraction of sp³-hybridized carbons (Fsp3) is 0.192. The summed E-state index contributed by atoms with van der Waals surface area (Å²) in [5.41, 5.74) is 3.01. The first-order valence-electron chi connectivity index (χ1n) is 10.8. The summed E-state index contributed by atoms with van der Waals surface area (Å²) in [6.07, 6.45) is 0.855. The van der Waals surface area contributed by atoms with Gasteiger partial charge in [0.15, 0.2) is 0 Å². The van der Waals surface area contributed by atoms with E-state index in [0.717, 1.165) is 17.7 Å². The molecule has 1 unspecified atom stereocenters. The number of carbonyl (C=O) groups is 3. The molecular formula is C26H23N3O3. The number of likely N-dealkylation sites (tertiary alicyclic amines) is 1. The van der Waals surface area contributed by atoms with Crippen LogP contribution >= 0.6 is 0 Å². The van der Waals surface area contributed by atoms with Crippen molar-refractivity contribution in [3.63, 3.8) is 0 Å². The second kappa shape index (κ2) is 8.30. The lowest BCUT2D eigenvalue weighted by Gasteiger charge is -2.18. The Morgan fingerprint density at radius 3 is 2.31 bits per heavy atom. The maximum absolute atomic E-state index is 13.1. The first-order valence-corrected chi connectivity index (χ1v) is 10.8. The number of hydrogen-bond acceptors (Lipinski definition) is 4. The molecule has 0 aliphatic carbocycles. The predicted molar refractivity (Wildman–Crippen MR) is 121 cm³/mol. The highest BCUT2D eigenvalue weighted by molar-refractivity contribution is 6.22. The minimum Gasteiger partial charge on any atom is -0.380 e. The highest BCUT2D eigenvalue weighted by Crippen LogP contribution is 2.27. The number of para-hydroxylation sites is 1. The summed E-state index contributed by atoms with van der Waals surface area (Å²) in [6.45, 7) is 1.46. The summed E-state index contributed by atoms with van der Waals surface area (Å²) >= 11 is 0. The van der Waals surface area contributed by atoms with Crippen molar-refractivity contribution in [1.29, 1.82) is 0 Å². The molecule has 1 N–H and O–H groups in total. The molecular weight excluding hydrogens is 402 g/mol. The summed E-state index contributed by atoms with van der Waals surface area (Å²) in [5.74, 6) is -0.790. The summed E-state index contributed by atoms with van der Waals surface area (Å²) in [6, 6.07) is 24.3. The molecule has 160 valence electrons. The highest BCUT2D eigenvalue weighted by Gasteiger charge is 2.36. The van der Waals surface area contributed by atoms with E-state index in [1.54, 1.807) is 23.1 Å². The average molecular weight is 425 g/mol. The molecule has 1 atom stereocenters. The van der Waals surface area contributed by atoms with Crippen molar-refractivity contribution < 1.29 is 14.4 Å². The van der Waals surface area contributed by atoms with Gasteiger partial charge in [-0.1, -0.05) is 48.5 Å². The number of anilines is 1. The minimum atomic E-state index is -0.353. The van der Waals surface area contributed by atoms with Crippen LogP contribution in [0.15, 0.2) is 78.9 Å². The SMILES string of the molecule is O=C(c1ccc2c(c1)C(=O)N(Cc1ccccc1)C2=O)N1CCC(Nc2ccccc2)C1. The van der Waals surface area contributed by atoms with E-state index in [1.165, 1.54) is 4.90 Å². The van der Waals surface area contributed by atoms with Crippen molar-refractivity contribution in [2.45, 2.75) is 19.0 Å². The van der Waals surface area contributed by atoms with Crippen LogP contribution in [-0.4, -0.2) is 46.7 Å². The number of hydrogen-bond donors (Lipinski definition) is 1. The van der Waals surface area contributed by atoms with Crippen LogP contribution in [0.3, 0.4) is 0 Å². The zero-order valence-corrected chi connectivity index (χ0v) is 17.5. The van der Waals surface area contributed by atoms with Gasteiger partial charge in [0.1, 0.15) is 0 Å². The van der Waals surface area contributed by atoms with E-state index < -0.39 is 0 Å². The van der Waals surface area contributed by atoms with E-state index in [9.17, 15) is 14.4 Å². The molecule has 0 bridgehead atoms. The number of carbonyl (C=O) groups excluding carboxylic acids is 3. The van der Waals surface area contributed by atoms with Gasteiger partial charge in [0.25, 0.3) is 17.7 Å². The Hall–Kier alpha value is -3.93. The fourth-order valence-electron chi connectivity index (χ4n) is 4.35. The molecule has 1 fully saturated rings. The number of imide groups is 1. The molecule has 3 amide bonds. The number of nitrogens with one attached hydrogen (secondary N) is 1. The van der Waals surface area contributed by atoms with Gasteiger partial charge >= 0.3 is 0 Å². The van der Waals surface area contributed by atoms with Crippen LogP contribution in [0.5, 0.6) is 0 Å². The molecule has 0 radical (unpaired) electrons. The number of rotatable bonds is 5. The zero-order chi connectivity index (χ0) is 22.1. The summed E-state index contributed by atoms with van der Waals surface area (Å²) < 4.78 is 0. The van der Waals surface area contributed by atoms with Crippen LogP contribution in [0.2, 0.25) is 0 Å². The number of fused-ring (bicyclic) bond motifs is 1. The molecule has 32 heavy (non-hydrogen) atoms. The predicted octanol–water partition coefficient (Wildman–Crippen LogP) is 3.81. The van der Waals surface area contributed by atoms with Crippen LogP contribution in [-0.2, 0) is 6.54 Å². The Morgan fingerprint density at radius 2 is 1.56 bits per heavy atom. The summed E-state index contributed by atoms with van der Waals surface area (Å²) in [7, 11) is 0. The maximum atomic E-state index is 13.1. The molecule has 2 aliphatic rings. The van der Waals surface area contributed by atoms with Crippen molar-refractivity contribution in [3.8, 4) is 0 Å². The minimum absolute atomic E-state index is 0.119. The number of benzene rings is 3. The Labute approximate surface area is 186 Å². The molecule has 0 spiro atoms. The second-order valence-corrected chi connectivity index (χ2v) is 8.19. The molecule has 1 saturated heterocycles. The van der Waals surface area contributed by atoms with E-state index >= 15 is 0 Å². The molecule has 3 aromatic rings. The van der Waals surface area contributed by atoms with E-state index in [2.05, 4.69) is 5.32 Å². The van der Waals surface area contributed by atoms with Gasteiger partial charge < -0.3 is 10.2 Å². The van der Waals surface area contributed by atoms with Crippen molar-refractivity contribution in [2.24, 2.45) is 0 Å². The normalized spacial score (nSPS) is 17.6. The smallest absolute Gasteiger partial charge is 0.261 e. The molecule has 6 nitrogen and oxygen atoms in total. The number of amides is 3. The van der Waals surface area contributed by atoms with Crippen molar-refractivity contribution >= 4 is 23.4 Å². The molecule has 2 heterocycles. The molecule has 6 heteroatoms. The van der Waals surface area contributed by atoms with Gasteiger partial charge in [0, 0.05) is 30.4 Å². The first kappa shape index (κ1) is 20.0. The van der Waals surface area contributed by atoms with Gasteiger partial charge in [-0.25, -0.2) is 0 Å². The topological polar surface area (TPSA) is 69.7 Å². The lowest BCUT2D eigenvalue weighted by molar-refractivity contribution is 0.0642. The van der Waals surface area contributed by atoms with E-state index in [0.29, 0.717) is 29.8 Å². The van der Waals surface area contributed by atoms with Crippen LogP contribution in [0.1, 0.15) is 43.1 Å². The second-order valence-electron chi connectivity index (χ2n) is 8.19. The van der Waals surface area contributed by atoms with Crippen LogP contribution in [0.25, 0.3) is 0 Å². The third-order valence-corrected chi connectivity index (χ3v) is 6.02. The monoisotopic (exact) mass is 425 g/mol. The van der Waals surface area contributed by atoms with Gasteiger partial charge in [-0.05, 0) is 42.3 Å². The van der Waals surface area contributed by atoms with E-state index in [4.69, 9.17) is 0 Å². The standard InChI is InChI=1S/C26H23N3O3/c30-24(28-14-13-21(17-28)27-20-9-5-2-6-10-20)19-11-12-22-23(15-19)26(32)29(25(22)31)16-18-7-3-1-4-8-18/h1-12,15,21,27H,13-14,16-17H2. The highest BCUT2D eigenvalue weighted by atomic mass is 16.2. The fourth-order valence-corrected chi connectivity index (χ4v) is 4.35. The largest absolute Gasteiger partial charge is 0.380 e. The van der Waals surface area contributed by atoms with Gasteiger partial charge in [-0.15, -0.1) is 0 Å². The van der Waals surface area contributed by atoms with Gasteiger partial charge in [0.2, 0.25) is 0 Å². The molecule has 0 aromatic heterocycles. The van der Waals surface area contributed by atoms with Gasteiger partial charge in [-0.3, -0.25) is 19.3 Å². The molecule has 5 rings (SSSR count).